The Morgan fingerprint density at radius 1 is 0.935 bits per heavy atom. The zero-order valence-corrected chi connectivity index (χ0v) is 17.8. The standard InChI is InChI=1S/C25H29N5O/c31-25(27-15-7-19-30-17-5-2-6-18-30)21-10-12-22(13-11-21)28-23-14-16-26-24(29-23)20-8-3-1-4-9-20/h1,3-4,8-14,16H,2,5-7,15,17-19H2,(H,27,31)(H,26,28,29). The normalized spacial score (nSPS) is 14.2. The zero-order valence-electron chi connectivity index (χ0n) is 17.8. The quantitative estimate of drug-likeness (QED) is 0.531. The number of nitrogens with one attached hydrogen (secondary N) is 2. The number of piperidine rings is 1. The van der Waals surface area contributed by atoms with Gasteiger partial charge in [0.1, 0.15) is 5.82 Å². The predicted octanol–water partition coefficient (Wildman–Crippen LogP) is 4.49. The van der Waals surface area contributed by atoms with E-state index in [0.29, 0.717) is 23.8 Å². The smallest absolute Gasteiger partial charge is 0.251 e. The van der Waals surface area contributed by atoms with E-state index in [1.807, 2.05) is 60.7 Å². The molecular formula is C25H29N5O. The molecule has 0 saturated carbocycles. The molecule has 0 atom stereocenters. The largest absolute Gasteiger partial charge is 0.352 e. The molecule has 6 nitrogen and oxygen atoms in total. The van der Waals surface area contributed by atoms with E-state index in [-0.39, 0.29) is 5.91 Å². The monoisotopic (exact) mass is 415 g/mol. The van der Waals surface area contributed by atoms with Gasteiger partial charge in [0.25, 0.3) is 5.91 Å². The number of aromatic nitrogens is 2. The fraction of sp³-hybridized carbons (Fsp3) is 0.320. The summed E-state index contributed by atoms with van der Waals surface area (Å²) in [6, 6.07) is 19.2. The number of likely N-dealkylation sites (tertiary alicyclic amines) is 1. The molecule has 0 aliphatic carbocycles. The van der Waals surface area contributed by atoms with E-state index < -0.39 is 0 Å². The Balaban J connectivity index is 1.27. The van der Waals surface area contributed by atoms with Crippen LogP contribution in [0.15, 0.2) is 66.9 Å². The van der Waals surface area contributed by atoms with E-state index in [2.05, 4.69) is 25.5 Å². The van der Waals surface area contributed by atoms with Crippen LogP contribution < -0.4 is 10.6 Å². The van der Waals surface area contributed by atoms with Gasteiger partial charge in [-0.25, -0.2) is 9.97 Å². The molecule has 1 saturated heterocycles. The number of anilines is 2. The highest BCUT2D eigenvalue weighted by Crippen LogP contribution is 2.19. The van der Waals surface area contributed by atoms with Crippen molar-refractivity contribution in [3.8, 4) is 11.4 Å². The molecule has 0 spiro atoms. The van der Waals surface area contributed by atoms with Crippen LogP contribution in [0.4, 0.5) is 11.5 Å². The van der Waals surface area contributed by atoms with Crippen LogP contribution >= 0.6 is 0 Å². The average Bonchev–Trinajstić information content (AvgIpc) is 2.84. The first kappa shape index (κ1) is 21.0. The average molecular weight is 416 g/mol. The van der Waals surface area contributed by atoms with Gasteiger partial charge in [0.05, 0.1) is 0 Å². The fourth-order valence-corrected chi connectivity index (χ4v) is 3.80. The SMILES string of the molecule is O=C(NCCCN1CCCCC1)c1ccc(Nc2ccnc(-c3ccccc3)n2)cc1. The summed E-state index contributed by atoms with van der Waals surface area (Å²) < 4.78 is 0. The van der Waals surface area contributed by atoms with Crippen LogP contribution in [0.5, 0.6) is 0 Å². The third kappa shape index (κ3) is 6.12. The van der Waals surface area contributed by atoms with E-state index in [0.717, 1.165) is 24.2 Å². The fourth-order valence-electron chi connectivity index (χ4n) is 3.80. The Hall–Kier alpha value is -3.25. The van der Waals surface area contributed by atoms with E-state index in [1.54, 1.807) is 6.20 Å². The lowest BCUT2D eigenvalue weighted by molar-refractivity contribution is 0.0951. The first-order chi connectivity index (χ1) is 15.3. The summed E-state index contributed by atoms with van der Waals surface area (Å²) in [5.74, 6) is 1.36. The van der Waals surface area contributed by atoms with Gasteiger partial charge >= 0.3 is 0 Å². The Kier molecular flexibility index (Phi) is 7.24. The van der Waals surface area contributed by atoms with E-state index >= 15 is 0 Å². The number of nitrogens with zero attached hydrogens (tertiary/aromatic N) is 3. The molecule has 1 aliphatic heterocycles. The minimum atomic E-state index is -0.0291. The number of benzene rings is 2. The van der Waals surface area contributed by atoms with E-state index in [4.69, 9.17) is 0 Å². The van der Waals surface area contributed by atoms with Crippen LogP contribution in [-0.4, -0.2) is 47.0 Å². The second kappa shape index (κ2) is 10.7. The van der Waals surface area contributed by atoms with Crippen molar-refractivity contribution in [3.63, 3.8) is 0 Å². The molecule has 1 fully saturated rings. The van der Waals surface area contributed by atoms with Crippen molar-refractivity contribution in [2.75, 3.05) is 31.5 Å². The summed E-state index contributed by atoms with van der Waals surface area (Å²) in [7, 11) is 0. The highest BCUT2D eigenvalue weighted by atomic mass is 16.1. The summed E-state index contributed by atoms with van der Waals surface area (Å²) in [5, 5.41) is 6.31. The maximum absolute atomic E-state index is 12.4. The molecule has 160 valence electrons. The molecule has 0 bridgehead atoms. The van der Waals surface area contributed by atoms with Crippen molar-refractivity contribution in [2.45, 2.75) is 25.7 Å². The molecule has 6 heteroatoms. The van der Waals surface area contributed by atoms with Gasteiger partial charge in [0, 0.05) is 29.6 Å². The van der Waals surface area contributed by atoms with E-state index in [9.17, 15) is 4.79 Å². The van der Waals surface area contributed by atoms with Crippen molar-refractivity contribution in [1.82, 2.24) is 20.2 Å². The Morgan fingerprint density at radius 2 is 1.71 bits per heavy atom. The van der Waals surface area contributed by atoms with Crippen molar-refractivity contribution in [3.05, 3.63) is 72.4 Å². The second-order valence-corrected chi connectivity index (χ2v) is 7.85. The minimum Gasteiger partial charge on any atom is -0.352 e. The molecule has 2 aromatic carbocycles. The first-order valence-electron chi connectivity index (χ1n) is 11.0. The molecule has 31 heavy (non-hydrogen) atoms. The molecule has 0 radical (unpaired) electrons. The summed E-state index contributed by atoms with van der Waals surface area (Å²) in [6.45, 7) is 4.16. The maximum atomic E-state index is 12.4. The molecule has 0 unspecified atom stereocenters. The van der Waals surface area contributed by atoms with Crippen molar-refractivity contribution in [1.29, 1.82) is 0 Å². The van der Waals surface area contributed by atoms with Gasteiger partial charge in [-0.05, 0) is 69.2 Å². The highest BCUT2D eigenvalue weighted by molar-refractivity contribution is 5.94. The van der Waals surface area contributed by atoms with Crippen LogP contribution in [0.1, 0.15) is 36.0 Å². The van der Waals surface area contributed by atoms with Crippen molar-refractivity contribution >= 4 is 17.4 Å². The molecule has 1 aliphatic rings. The first-order valence-corrected chi connectivity index (χ1v) is 11.0. The van der Waals surface area contributed by atoms with Gasteiger partial charge < -0.3 is 15.5 Å². The molecule has 3 aromatic rings. The third-order valence-electron chi connectivity index (χ3n) is 5.49. The molecule has 1 amide bonds. The number of hydrogen-bond acceptors (Lipinski definition) is 5. The zero-order chi connectivity index (χ0) is 21.3. The number of rotatable bonds is 8. The number of hydrogen-bond donors (Lipinski definition) is 2. The van der Waals surface area contributed by atoms with Crippen LogP contribution in [0.25, 0.3) is 11.4 Å². The van der Waals surface area contributed by atoms with Crippen LogP contribution in [0.2, 0.25) is 0 Å². The summed E-state index contributed by atoms with van der Waals surface area (Å²) in [6.07, 6.45) is 6.68. The maximum Gasteiger partial charge on any atom is 0.251 e. The molecule has 4 rings (SSSR count). The number of carbonyl (C=O) groups is 1. The van der Waals surface area contributed by atoms with Crippen molar-refractivity contribution in [2.24, 2.45) is 0 Å². The predicted molar refractivity (Wildman–Crippen MR) is 124 cm³/mol. The van der Waals surface area contributed by atoms with Crippen LogP contribution in [-0.2, 0) is 0 Å². The van der Waals surface area contributed by atoms with Gasteiger partial charge in [-0.15, -0.1) is 0 Å². The molecule has 2 heterocycles. The van der Waals surface area contributed by atoms with Gasteiger partial charge in [0.2, 0.25) is 0 Å². The number of carbonyl (C=O) groups excluding carboxylic acids is 1. The minimum absolute atomic E-state index is 0.0291. The molecule has 1 aromatic heterocycles. The summed E-state index contributed by atoms with van der Waals surface area (Å²) in [5.41, 5.74) is 2.51. The summed E-state index contributed by atoms with van der Waals surface area (Å²) >= 11 is 0. The topological polar surface area (TPSA) is 70.2 Å². The highest BCUT2D eigenvalue weighted by Gasteiger charge is 2.10. The lowest BCUT2D eigenvalue weighted by Gasteiger charge is -2.26. The lowest BCUT2D eigenvalue weighted by atomic mass is 10.1. The Bertz CT molecular complexity index is 969. The van der Waals surface area contributed by atoms with Gasteiger partial charge in [-0.1, -0.05) is 36.8 Å². The second-order valence-electron chi connectivity index (χ2n) is 7.85. The lowest BCUT2D eigenvalue weighted by Crippen LogP contribution is -2.33. The van der Waals surface area contributed by atoms with Crippen molar-refractivity contribution < 1.29 is 4.79 Å². The van der Waals surface area contributed by atoms with Gasteiger partial charge in [-0.3, -0.25) is 4.79 Å². The summed E-state index contributed by atoms with van der Waals surface area (Å²) in [4.78, 5) is 23.8. The number of amides is 1. The van der Waals surface area contributed by atoms with Gasteiger partial charge in [0.15, 0.2) is 5.82 Å². The Morgan fingerprint density at radius 3 is 2.48 bits per heavy atom. The van der Waals surface area contributed by atoms with Gasteiger partial charge in [-0.2, -0.15) is 0 Å². The molecule has 2 N–H and O–H groups in total. The Labute approximate surface area is 183 Å². The third-order valence-corrected chi connectivity index (χ3v) is 5.49. The van der Waals surface area contributed by atoms with E-state index in [1.165, 1.54) is 32.4 Å². The van der Waals surface area contributed by atoms with Crippen LogP contribution in [0, 0.1) is 0 Å². The molecular weight excluding hydrogens is 386 g/mol. The van der Waals surface area contributed by atoms with Crippen LogP contribution in [0.3, 0.4) is 0 Å².